The maximum absolute atomic E-state index is 15.4. The molecule has 8 rings (SSSR count). The highest BCUT2D eigenvalue weighted by Gasteiger charge is 2.70. The molecule has 6 atom stereocenters. The van der Waals surface area contributed by atoms with Crippen molar-refractivity contribution >= 4 is 80.8 Å². The van der Waals surface area contributed by atoms with E-state index in [-0.39, 0.29) is 41.1 Å². The molecule has 2 aliphatic heterocycles. The van der Waals surface area contributed by atoms with Gasteiger partial charge in [-0.2, -0.15) is 5.01 Å². The summed E-state index contributed by atoms with van der Waals surface area (Å²) in [5, 5.41) is 13.2. The molecule has 4 aromatic carbocycles. The smallest absolute Gasteiger partial charge is 0.260 e. The molecule has 270 valence electrons. The topological polar surface area (TPSA) is 125 Å². The number of amides is 4. The molecule has 0 spiro atoms. The quantitative estimate of drug-likeness (QED) is 0.111. The first-order valence-electron chi connectivity index (χ1n) is 16.9. The molecule has 0 radical (unpaired) electrons. The first kappa shape index (κ1) is 35.4. The summed E-state index contributed by atoms with van der Waals surface area (Å²) in [5.74, 6) is -5.05. The van der Waals surface area contributed by atoms with Crippen LogP contribution in [0.1, 0.15) is 29.9 Å². The van der Waals surface area contributed by atoms with E-state index < -0.39 is 46.8 Å². The lowest BCUT2D eigenvalue weighted by atomic mass is 9.49. The summed E-state index contributed by atoms with van der Waals surface area (Å²) in [5.41, 5.74) is 3.66. The van der Waals surface area contributed by atoms with E-state index in [1.807, 2.05) is 18.2 Å². The van der Waals surface area contributed by atoms with Gasteiger partial charge in [-0.15, -0.1) is 0 Å². The zero-order valence-electron chi connectivity index (χ0n) is 28.4. The summed E-state index contributed by atoms with van der Waals surface area (Å²) in [4.78, 5) is 60.2. The van der Waals surface area contributed by atoms with Crippen LogP contribution in [-0.4, -0.2) is 48.0 Å². The Balaban J connectivity index is 1.35. The summed E-state index contributed by atoms with van der Waals surface area (Å²) >= 11 is 14.9. The predicted molar refractivity (Wildman–Crippen MR) is 207 cm³/mol. The molecule has 53 heavy (non-hydrogen) atoms. The van der Waals surface area contributed by atoms with E-state index in [0.717, 1.165) is 8.58 Å². The van der Waals surface area contributed by atoms with Crippen LogP contribution in [0, 0.1) is 27.2 Å². The van der Waals surface area contributed by atoms with E-state index in [0.29, 0.717) is 38.9 Å². The molecule has 4 aromatic rings. The van der Waals surface area contributed by atoms with Gasteiger partial charge in [0.1, 0.15) is 17.2 Å². The van der Waals surface area contributed by atoms with Gasteiger partial charge in [0.25, 0.3) is 11.8 Å². The minimum atomic E-state index is -1.63. The number of ether oxygens (including phenoxy) is 2. The second-order valence-corrected chi connectivity index (χ2v) is 15.7. The third-order valence-corrected chi connectivity index (χ3v) is 12.5. The molecule has 0 bridgehead atoms. The number of nitrogens with one attached hydrogen (secondary N) is 1. The van der Waals surface area contributed by atoms with Crippen LogP contribution in [0.5, 0.6) is 17.2 Å². The Morgan fingerprint density at radius 1 is 0.830 bits per heavy atom. The van der Waals surface area contributed by atoms with E-state index in [9.17, 15) is 19.5 Å². The summed E-state index contributed by atoms with van der Waals surface area (Å²) in [6, 6.07) is 23.6. The lowest BCUT2D eigenvalue weighted by Crippen LogP contribution is -2.53. The van der Waals surface area contributed by atoms with Crippen LogP contribution < -0.4 is 19.8 Å². The second kappa shape index (κ2) is 13.4. The average molecular weight is 865 g/mol. The van der Waals surface area contributed by atoms with Crippen molar-refractivity contribution in [2.75, 3.05) is 24.5 Å². The van der Waals surface area contributed by atoms with E-state index in [1.54, 1.807) is 60.7 Å². The third-order valence-electron chi connectivity index (χ3n) is 11.2. The van der Waals surface area contributed by atoms with Gasteiger partial charge in [-0.25, -0.2) is 0 Å². The van der Waals surface area contributed by atoms with E-state index in [1.165, 1.54) is 31.3 Å². The van der Waals surface area contributed by atoms with Gasteiger partial charge in [-0.3, -0.25) is 29.5 Å². The molecule has 3 fully saturated rings. The number of methoxy groups -OCH3 is 2. The maximum atomic E-state index is 15.4. The summed E-state index contributed by atoms with van der Waals surface area (Å²) in [6.45, 7) is 0. The first-order chi connectivity index (χ1) is 25.5. The van der Waals surface area contributed by atoms with Crippen molar-refractivity contribution in [3.8, 4) is 17.2 Å². The van der Waals surface area contributed by atoms with Gasteiger partial charge in [-0.1, -0.05) is 47.0 Å². The number of carbonyl (C=O) groups is 4. The number of allylic oxidation sites excluding steroid dienone is 2. The first-order valence-corrected chi connectivity index (χ1v) is 18.8. The Labute approximate surface area is 328 Å². The van der Waals surface area contributed by atoms with Crippen molar-refractivity contribution in [2.24, 2.45) is 23.7 Å². The molecule has 2 N–H and O–H groups in total. The fraction of sp³-hybridized carbons (Fsp3) is 0.250. The fourth-order valence-electron chi connectivity index (χ4n) is 8.92. The number of phenols is 1. The molecule has 0 aromatic heterocycles. The highest BCUT2D eigenvalue weighted by molar-refractivity contribution is 14.1. The standard InChI is InChI=1S/C40H32Cl2IN3O7/c1-52-24-10-3-20(4-11-24)40-30(37(49)46(39(40)51)44-32-15-5-21(41)17-31(32)42)19-28-26(35(40)29-18-25(53-2)12-16-33(29)47)13-14-27-34(28)38(50)45(36(27)48)23-8-6-22(43)7-9-23/h3-13,15-18,27-28,30,34-35,44,47H,14,19H2,1-2H3/t27-,28+,30-,34-,35+,40+/m0/s1. The van der Waals surface area contributed by atoms with Crippen molar-refractivity contribution < 1.29 is 33.8 Å². The van der Waals surface area contributed by atoms with E-state index >= 15 is 4.79 Å². The number of rotatable bonds is 7. The van der Waals surface area contributed by atoms with E-state index in [2.05, 4.69) is 28.0 Å². The van der Waals surface area contributed by atoms with Crippen LogP contribution >= 0.6 is 45.8 Å². The Morgan fingerprint density at radius 2 is 1.53 bits per heavy atom. The van der Waals surface area contributed by atoms with Crippen LogP contribution in [0.2, 0.25) is 10.0 Å². The number of imide groups is 2. The molecule has 4 amide bonds. The number of aromatic hydroxyl groups is 1. The van der Waals surface area contributed by atoms with Gasteiger partial charge in [0, 0.05) is 20.1 Å². The zero-order chi connectivity index (χ0) is 37.3. The Morgan fingerprint density at radius 3 is 2.21 bits per heavy atom. The Hall–Kier alpha value is -4.59. The SMILES string of the molecule is COc1ccc([C@@]23C(=O)N(Nc4ccc(Cl)cc4Cl)C(=O)[C@@H]2C[C@@H]2C(=CC[C@@H]4C(=O)N(c5ccc(I)cc5)C(=O)[C@@H]42)[C@@H]3c2cc(OC)ccc2O)cc1. The molecular formula is C40H32Cl2IN3O7. The highest BCUT2D eigenvalue weighted by atomic mass is 127. The molecule has 1 saturated carbocycles. The number of hydrazine groups is 1. The highest BCUT2D eigenvalue weighted by Crippen LogP contribution is 2.65. The van der Waals surface area contributed by atoms with Crippen LogP contribution in [0.4, 0.5) is 11.4 Å². The number of hydrogen-bond donors (Lipinski definition) is 2. The monoisotopic (exact) mass is 863 g/mol. The zero-order valence-corrected chi connectivity index (χ0v) is 32.1. The summed E-state index contributed by atoms with van der Waals surface area (Å²) in [7, 11) is 3.03. The number of carbonyl (C=O) groups excluding carboxylic acids is 4. The van der Waals surface area contributed by atoms with Crippen LogP contribution in [0.25, 0.3) is 0 Å². The lowest BCUT2D eigenvalue weighted by molar-refractivity contribution is -0.138. The molecule has 13 heteroatoms. The molecule has 2 saturated heterocycles. The summed E-state index contributed by atoms with van der Waals surface area (Å²) in [6.07, 6.45) is 2.25. The average Bonchev–Trinajstić information content (AvgIpc) is 3.54. The number of hydrogen-bond acceptors (Lipinski definition) is 8. The molecule has 2 heterocycles. The molecule has 0 unspecified atom stereocenters. The molecule has 4 aliphatic rings. The number of anilines is 2. The van der Waals surface area contributed by atoms with Gasteiger partial charge in [0.15, 0.2) is 0 Å². The number of halogens is 3. The van der Waals surface area contributed by atoms with Crippen LogP contribution in [-0.2, 0) is 24.6 Å². The van der Waals surface area contributed by atoms with Crippen LogP contribution in [0.3, 0.4) is 0 Å². The fourth-order valence-corrected chi connectivity index (χ4v) is 9.73. The number of benzene rings is 4. The Kier molecular flexibility index (Phi) is 8.94. The lowest BCUT2D eigenvalue weighted by Gasteiger charge is -2.50. The number of phenolic OH excluding ortho intramolecular Hbond substituents is 1. The van der Waals surface area contributed by atoms with Gasteiger partial charge < -0.3 is 14.6 Å². The van der Waals surface area contributed by atoms with E-state index in [4.69, 9.17) is 32.7 Å². The summed E-state index contributed by atoms with van der Waals surface area (Å²) < 4.78 is 12.0. The largest absolute Gasteiger partial charge is 0.508 e. The molecule has 10 nitrogen and oxygen atoms in total. The minimum absolute atomic E-state index is 0.0803. The number of nitrogens with zero attached hydrogens (tertiary/aromatic N) is 2. The number of fused-ring (bicyclic) bond motifs is 4. The predicted octanol–water partition coefficient (Wildman–Crippen LogP) is 7.51. The van der Waals surface area contributed by atoms with Crippen LogP contribution in [0.15, 0.2) is 96.6 Å². The van der Waals surface area contributed by atoms with Gasteiger partial charge in [0.2, 0.25) is 11.8 Å². The molecular weight excluding hydrogens is 832 g/mol. The van der Waals surface area contributed by atoms with Crippen molar-refractivity contribution in [3.63, 3.8) is 0 Å². The normalized spacial score (nSPS) is 26.2. The Bertz CT molecular complexity index is 2230. The minimum Gasteiger partial charge on any atom is -0.508 e. The van der Waals surface area contributed by atoms with Gasteiger partial charge >= 0.3 is 0 Å². The second-order valence-electron chi connectivity index (χ2n) is 13.6. The molecule has 2 aliphatic carbocycles. The van der Waals surface area contributed by atoms with Crippen molar-refractivity contribution in [2.45, 2.75) is 24.2 Å². The van der Waals surface area contributed by atoms with Gasteiger partial charge in [0.05, 0.1) is 53.8 Å². The maximum Gasteiger partial charge on any atom is 0.260 e. The van der Waals surface area contributed by atoms with Crippen molar-refractivity contribution in [1.82, 2.24) is 5.01 Å². The van der Waals surface area contributed by atoms with Crippen molar-refractivity contribution in [1.29, 1.82) is 0 Å². The third kappa shape index (κ3) is 5.41. The van der Waals surface area contributed by atoms with Gasteiger partial charge in [-0.05, 0) is 120 Å². The van der Waals surface area contributed by atoms with Crippen molar-refractivity contribution in [3.05, 3.63) is 121 Å².